The molecule has 0 saturated heterocycles. The van der Waals surface area contributed by atoms with Crippen LogP contribution in [0.4, 0.5) is 17.1 Å². The maximum absolute atomic E-state index is 2.36. The molecule has 0 amide bonds. The Labute approximate surface area is 272 Å². The molecule has 3 heteroatoms. The molecule has 0 unspecified atom stereocenters. The lowest BCUT2D eigenvalue weighted by Crippen LogP contribution is -2.09. The Bertz CT molecular complexity index is 2160. The Kier molecular flexibility index (Phi) is 7.48. The summed E-state index contributed by atoms with van der Waals surface area (Å²) in [5, 5.41) is 7.54. The van der Waals surface area contributed by atoms with Crippen molar-refractivity contribution in [2.24, 2.45) is 0 Å². The third-order valence-electron chi connectivity index (χ3n) is 8.05. The molecule has 0 spiro atoms. The normalized spacial score (nSPS) is 11.3. The summed E-state index contributed by atoms with van der Waals surface area (Å²) in [5.41, 5.74) is 3.39. The van der Waals surface area contributed by atoms with Gasteiger partial charge in [-0.3, -0.25) is 0 Å². The lowest BCUT2D eigenvalue weighted by atomic mass is 9.99. The van der Waals surface area contributed by atoms with Crippen LogP contribution < -0.4 is 4.90 Å². The molecule has 0 saturated carbocycles. The number of fused-ring (bicyclic) bond motifs is 3. The molecule has 8 rings (SSSR count). The highest BCUT2D eigenvalue weighted by Gasteiger charge is 2.14. The number of anilines is 3. The van der Waals surface area contributed by atoms with Gasteiger partial charge >= 0.3 is 0 Å². The summed E-state index contributed by atoms with van der Waals surface area (Å²) < 4.78 is 0. The highest BCUT2D eigenvalue weighted by atomic mass is 32.2. The topological polar surface area (TPSA) is 3.24 Å². The number of hydrogen-bond donors (Lipinski definition) is 0. The second kappa shape index (κ2) is 12.2. The maximum atomic E-state index is 2.36. The molecule has 1 nitrogen and oxygen atoms in total. The maximum Gasteiger partial charge on any atom is 0.0468 e. The monoisotopic (exact) mass is 611 g/mol. The van der Waals surface area contributed by atoms with E-state index in [1.807, 2.05) is 0 Å². The predicted octanol–water partition coefficient (Wildman–Crippen LogP) is 12.9. The first-order valence-electron chi connectivity index (χ1n) is 15.1. The van der Waals surface area contributed by atoms with Crippen LogP contribution in [0.15, 0.2) is 196 Å². The molecule has 45 heavy (non-hydrogen) atoms. The minimum Gasteiger partial charge on any atom is -0.310 e. The van der Waals surface area contributed by atoms with Gasteiger partial charge in [-0.25, -0.2) is 0 Å². The minimum atomic E-state index is 1.13. The summed E-state index contributed by atoms with van der Waals surface area (Å²) >= 11 is 3.57. The second-order valence-electron chi connectivity index (χ2n) is 11.1. The van der Waals surface area contributed by atoms with Gasteiger partial charge in [0.15, 0.2) is 0 Å². The van der Waals surface area contributed by atoms with E-state index in [0.29, 0.717) is 0 Å². The van der Waals surface area contributed by atoms with Crippen molar-refractivity contribution in [2.75, 3.05) is 4.90 Å². The summed E-state index contributed by atoms with van der Waals surface area (Å²) in [4.78, 5) is 7.28. The van der Waals surface area contributed by atoms with Crippen LogP contribution in [0, 0.1) is 0 Å². The third-order valence-corrected chi connectivity index (χ3v) is 10.1. The van der Waals surface area contributed by atoms with E-state index in [9.17, 15) is 0 Å². The van der Waals surface area contributed by atoms with Crippen LogP contribution in [-0.4, -0.2) is 0 Å². The largest absolute Gasteiger partial charge is 0.310 e. The number of nitrogens with zero attached hydrogens (tertiary/aromatic N) is 1. The fourth-order valence-electron chi connectivity index (χ4n) is 5.84. The molecule has 0 aromatic heterocycles. The van der Waals surface area contributed by atoms with Crippen molar-refractivity contribution in [3.63, 3.8) is 0 Å². The first kappa shape index (κ1) is 27.6. The van der Waals surface area contributed by atoms with E-state index in [-0.39, 0.29) is 0 Å². The first-order valence-corrected chi connectivity index (χ1v) is 16.7. The van der Waals surface area contributed by atoms with Gasteiger partial charge in [-0.15, -0.1) is 0 Å². The Hall–Kier alpha value is -4.96. The van der Waals surface area contributed by atoms with Gasteiger partial charge in [-0.2, -0.15) is 0 Å². The second-order valence-corrected chi connectivity index (χ2v) is 13.4. The average molecular weight is 612 g/mol. The minimum absolute atomic E-state index is 1.13. The highest BCUT2D eigenvalue weighted by molar-refractivity contribution is 7.99. The quantitative estimate of drug-likeness (QED) is 0.165. The zero-order chi connectivity index (χ0) is 30.0. The van der Waals surface area contributed by atoms with Crippen molar-refractivity contribution < 1.29 is 0 Å². The van der Waals surface area contributed by atoms with Gasteiger partial charge in [-0.1, -0.05) is 90.3 Å². The molecule has 0 N–H and O–H groups in total. The van der Waals surface area contributed by atoms with Crippen molar-refractivity contribution in [3.05, 3.63) is 176 Å². The van der Waals surface area contributed by atoms with E-state index in [1.54, 1.807) is 23.5 Å². The SMILES string of the molecule is c1ccc(Sc2ccc(N(c3ccc(Sc4ccccc4)cc3)c3ccc4cc5cc6ccccc6cc5cc4c3)cc2)cc1. The van der Waals surface area contributed by atoms with Gasteiger partial charge in [0.25, 0.3) is 0 Å². The van der Waals surface area contributed by atoms with Crippen molar-refractivity contribution >= 4 is 72.9 Å². The molecule has 0 heterocycles. The van der Waals surface area contributed by atoms with E-state index < -0.39 is 0 Å². The van der Waals surface area contributed by atoms with Crippen LogP contribution in [0.1, 0.15) is 0 Å². The van der Waals surface area contributed by atoms with Crippen molar-refractivity contribution in [1.29, 1.82) is 0 Å². The van der Waals surface area contributed by atoms with Crippen LogP contribution in [0.2, 0.25) is 0 Å². The van der Waals surface area contributed by atoms with Gasteiger partial charge in [0, 0.05) is 36.6 Å². The number of benzene rings is 8. The Balaban J connectivity index is 1.19. The predicted molar refractivity (Wildman–Crippen MR) is 195 cm³/mol. The van der Waals surface area contributed by atoms with Gasteiger partial charge in [0.05, 0.1) is 0 Å². The summed E-state index contributed by atoms with van der Waals surface area (Å²) in [5.74, 6) is 0. The van der Waals surface area contributed by atoms with Crippen molar-refractivity contribution in [2.45, 2.75) is 19.6 Å². The summed E-state index contributed by atoms with van der Waals surface area (Å²) in [6.07, 6.45) is 0. The number of rotatable bonds is 7. The third kappa shape index (κ3) is 5.93. The molecule has 0 bridgehead atoms. The molecule has 0 atom stereocenters. The van der Waals surface area contributed by atoms with E-state index in [2.05, 4.69) is 181 Å². The van der Waals surface area contributed by atoms with Gasteiger partial charge in [0.2, 0.25) is 0 Å². The van der Waals surface area contributed by atoms with E-state index in [1.165, 1.54) is 51.9 Å². The summed E-state index contributed by atoms with van der Waals surface area (Å²) in [7, 11) is 0. The summed E-state index contributed by atoms with van der Waals surface area (Å²) in [6, 6.07) is 63.6. The van der Waals surface area contributed by atoms with Crippen LogP contribution >= 0.6 is 23.5 Å². The zero-order valence-electron chi connectivity index (χ0n) is 24.5. The highest BCUT2D eigenvalue weighted by Crippen LogP contribution is 2.40. The van der Waals surface area contributed by atoms with E-state index >= 15 is 0 Å². The molecule has 0 aliphatic carbocycles. The molecule has 0 aliphatic rings. The average Bonchev–Trinajstić information content (AvgIpc) is 3.09. The van der Waals surface area contributed by atoms with Crippen molar-refractivity contribution in [3.8, 4) is 0 Å². The molecule has 8 aromatic carbocycles. The van der Waals surface area contributed by atoms with Crippen LogP contribution in [0.5, 0.6) is 0 Å². The lowest BCUT2D eigenvalue weighted by Gasteiger charge is -2.26. The molecule has 0 radical (unpaired) electrons. The molecule has 214 valence electrons. The van der Waals surface area contributed by atoms with E-state index in [0.717, 1.165) is 17.1 Å². The van der Waals surface area contributed by atoms with E-state index in [4.69, 9.17) is 0 Å². The van der Waals surface area contributed by atoms with Gasteiger partial charge in [-0.05, 0) is 142 Å². The fourth-order valence-corrected chi connectivity index (χ4v) is 7.52. The smallest absolute Gasteiger partial charge is 0.0468 e. The van der Waals surface area contributed by atoms with Gasteiger partial charge < -0.3 is 4.90 Å². The lowest BCUT2D eigenvalue weighted by molar-refractivity contribution is 1.26. The van der Waals surface area contributed by atoms with Gasteiger partial charge in [0.1, 0.15) is 0 Å². The Morgan fingerprint density at radius 1 is 0.267 bits per heavy atom. The Morgan fingerprint density at radius 3 is 1.11 bits per heavy atom. The fraction of sp³-hybridized carbons (Fsp3) is 0. The molecule has 0 fully saturated rings. The standard InChI is InChI=1S/C42H29NS2/c1-3-11-39(12-4-1)44-41-21-17-36(18-22-41)43(37-19-23-42(24-20-37)45-40-13-5-2-6-14-40)38-16-15-32-27-33-25-30-9-7-8-10-31(30)26-34(33)28-35(32)29-38/h1-29H. The first-order chi connectivity index (χ1) is 22.2. The van der Waals surface area contributed by atoms with Crippen LogP contribution in [0.3, 0.4) is 0 Å². The van der Waals surface area contributed by atoms with Crippen LogP contribution in [-0.2, 0) is 0 Å². The van der Waals surface area contributed by atoms with Crippen molar-refractivity contribution in [1.82, 2.24) is 0 Å². The summed E-state index contributed by atoms with van der Waals surface area (Å²) in [6.45, 7) is 0. The number of hydrogen-bond acceptors (Lipinski definition) is 3. The molecular formula is C42H29NS2. The Morgan fingerprint density at radius 2 is 0.622 bits per heavy atom. The van der Waals surface area contributed by atoms with Crippen LogP contribution in [0.25, 0.3) is 32.3 Å². The molecule has 8 aromatic rings. The molecule has 0 aliphatic heterocycles. The molecular weight excluding hydrogens is 583 g/mol. The zero-order valence-corrected chi connectivity index (χ0v) is 26.1.